The van der Waals surface area contributed by atoms with Crippen LogP contribution in [0.15, 0.2) is 24.3 Å². The fraction of sp³-hybridized carbons (Fsp3) is 0.680. The second-order valence-electron chi connectivity index (χ2n) is 11.4. The van der Waals surface area contributed by atoms with Crippen LogP contribution in [0, 0.1) is 23.7 Å². The van der Waals surface area contributed by atoms with Crippen molar-refractivity contribution in [2.75, 3.05) is 0 Å². The number of hydrogen-bond donors (Lipinski definition) is 0. The third kappa shape index (κ3) is 3.43. The fourth-order valence-corrected chi connectivity index (χ4v) is 6.97. The zero-order valence-corrected chi connectivity index (χ0v) is 19.5. The molecule has 1 aromatic carbocycles. The molecule has 180 valence electrons. The molecule has 0 unspecified atom stereocenters. The first-order valence-corrected chi connectivity index (χ1v) is 11.8. The van der Waals surface area contributed by atoms with Gasteiger partial charge in [0.25, 0.3) is 11.8 Å². The van der Waals surface area contributed by atoms with Gasteiger partial charge in [-0.3, -0.25) is 9.59 Å². The molecular formula is C25H31F3N2O3. The summed E-state index contributed by atoms with van der Waals surface area (Å²) in [4.78, 5) is 27.0. The minimum Gasteiger partial charge on any atom is -0.477 e. The summed E-state index contributed by atoms with van der Waals surface area (Å²) in [5, 5.41) is 3.11. The number of hydrazine groups is 1. The van der Waals surface area contributed by atoms with Crippen molar-refractivity contribution < 1.29 is 27.5 Å². The van der Waals surface area contributed by atoms with E-state index in [1.165, 1.54) is 43.5 Å². The molecule has 0 atom stereocenters. The Morgan fingerprint density at radius 3 is 2.09 bits per heavy atom. The Morgan fingerprint density at radius 1 is 1.00 bits per heavy atom. The Bertz CT molecular complexity index is 959. The number of nitrogens with zero attached hydrogens (tertiary/aromatic N) is 2. The average Bonchev–Trinajstić information content (AvgIpc) is 2.70. The number of carbonyl (C=O) groups excluding carboxylic acids is 2. The van der Waals surface area contributed by atoms with E-state index in [-0.39, 0.29) is 11.9 Å². The zero-order chi connectivity index (χ0) is 23.9. The number of ether oxygens (including phenoxy) is 1. The van der Waals surface area contributed by atoms with Crippen LogP contribution in [0.1, 0.15) is 65.4 Å². The maximum Gasteiger partial charge on any atom is 0.419 e. The van der Waals surface area contributed by atoms with Gasteiger partial charge >= 0.3 is 6.18 Å². The minimum absolute atomic E-state index is 0.0134. The van der Waals surface area contributed by atoms with Gasteiger partial charge in [-0.1, -0.05) is 12.1 Å². The molecule has 4 aliphatic carbocycles. The zero-order valence-electron chi connectivity index (χ0n) is 19.5. The molecule has 6 rings (SSSR count). The normalized spacial score (nSPS) is 32.7. The highest BCUT2D eigenvalue weighted by molar-refractivity contribution is 6.00. The van der Waals surface area contributed by atoms with Gasteiger partial charge in [-0.05, 0) is 95.6 Å². The van der Waals surface area contributed by atoms with Crippen LogP contribution in [0.2, 0.25) is 0 Å². The second kappa shape index (κ2) is 7.12. The van der Waals surface area contributed by atoms with Crippen molar-refractivity contribution in [1.29, 1.82) is 0 Å². The van der Waals surface area contributed by atoms with E-state index >= 15 is 0 Å². The molecule has 1 aliphatic heterocycles. The van der Waals surface area contributed by atoms with Crippen LogP contribution in [-0.4, -0.2) is 39.0 Å². The summed E-state index contributed by atoms with van der Waals surface area (Å²) >= 11 is 0. The molecule has 0 aromatic heterocycles. The van der Waals surface area contributed by atoms with E-state index in [0.29, 0.717) is 11.8 Å². The standard InChI is InChI=1S/C25H31F3N2O3/c1-23(2)21(31)29(20-16-10-14-9-15(12-16)13-17(20)11-14)30(23)22(32)24(3,4)33-19-8-6-5-7-18(19)25(26,27)28/h5-8,14-17,20H,9-13H2,1-4H3. The smallest absolute Gasteiger partial charge is 0.419 e. The summed E-state index contributed by atoms with van der Waals surface area (Å²) in [6.07, 6.45) is 1.02. The molecule has 0 radical (unpaired) electrons. The monoisotopic (exact) mass is 464 g/mol. The topological polar surface area (TPSA) is 49.9 Å². The van der Waals surface area contributed by atoms with Gasteiger partial charge in [0.05, 0.1) is 11.6 Å². The molecule has 0 N–H and O–H groups in total. The highest BCUT2D eigenvalue weighted by Gasteiger charge is 2.64. The largest absolute Gasteiger partial charge is 0.477 e. The van der Waals surface area contributed by atoms with E-state index in [4.69, 9.17) is 4.74 Å². The van der Waals surface area contributed by atoms with Crippen molar-refractivity contribution >= 4 is 11.8 Å². The first-order chi connectivity index (χ1) is 15.3. The van der Waals surface area contributed by atoms with Gasteiger partial charge in [0, 0.05) is 0 Å². The van der Waals surface area contributed by atoms with E-state index < -0.39 is 34.5 Å². The molecule has 5 nitrogen and oxygen atoms in total. The van der Waals surface area contributed by atoms with Crippen LogP contribution in [0.25, 0.3) is 0 Å². The molecule has 5 fully saturated rings. The summed E-state index contributed by atoms with van der Waals surface area (Å²) < 4.78 is 46.1. The predicted molar refractivity (Wildman–Crippen MR) is 115 cm³/mol. The summed E-state index contributed by atoms with van der Waals surface area (Å²) in [6.45, 7) is 6.33. The van der Waals surface area contributed by atoms with Gasteiger partial charge in [-0.2, -0.15) is 13.2 Å². The highest BCUT2D eigenvalue weighted by Crippen LogP contribution is 2.57. The van der Waals surface area contributed by atoms with Crippen molar-refractivity contribution in [3.63, 3.8) is 0 Å². The van der Waals surface area contributed by atoms with Crippen LogP contribution < -0.4 is 4.74 Å². The van der Waals surface area contributed by atoms with Crippen molar-refractivity contribution in [1.82, 2.24) is 10.0 Å². The molecule has 4 saturated carbocycles. The van der Waals surface area contributed by atoms with Crippen molar-refractivity contribution in [3.05, 3.63) is 29.8 Å². The molecule has 33 heavy (non-hydrogen) atoms. The molecule has 0 spiro atoms. The quantitative estimate of drug-likeness (QED) is 0.627. The number of rotatable bonds is 4. The number of alkyl halides is 3. The second-order valence-corrected chi connectivity index (χ2v) is 11.4. The number of para-hydroxylation sites is 1. The third-order valence-electron chi connectivity index (χ3n) is 8.20. The molecule has 8 heteroatoms. The van der Waals surface area contributed by atoms with E-state index in [2.05, 4.69) is 0 Å². The molecule has 4 bridgehead atoms. The summed E-state index contributed by atoms with van der Waals surface area (Å²) in [7, 11) is 0. The van der Waals surface area contributed by atoms with Gasteiger partial charge in [0.1, 0.15) is 11.3 Å². The summed E-state index contributed by atoms with van der Waals surface area (Å²) in [6, 6.07) is 4.88. The van der Waals surface area contributed by atoms with E-state index in [9.17, 15) is 22.8 Å². The highest BCUT2D eigenvalue weighted by atomic mass is 19.4. The van der Waals surface area contributed by atoms with Crippen LogP contribution >= 0.6 is 0 Å². The number of halogens is 3. The Morgan fingerprint density at radius 2 is 1.55 bits per heavy atom. The Hall–Kier alpha value is -2.25. The minimum atomic E-state index is -4.60. The molecule has 5 aliphatic rings. The molecule has 1 saturated heterocycles. The Kier molecular flexibility index (Phi) is 4.87. The molecule has 1 aromatic rings. The van der Waals surface area contributed by atoms with Crippen LogP contribution in [-0.2, 0) is 15.8 Å². The maximum absolute atomic E-state index is 13.7. The lowest BCUT2D eigenvalue weighted by molar-refractivity contribution is -0.249. The SMILES string of the molecule is CC(C)(Oc1ccccc1C(F)(F)F)C(=O)N1N(C2C3CC4CC(C3)CC2C4)C(=O)C1(C)C. The fourth-order valence-electron chi connectivity index (χ4n) is 6.97. The number of amides is 2. The van der Waals surface area contributed by atoms with E-state index in [1.807, 2.05) is 0 Å². The summed E-state index contributed by atoms with van der Waals surface area (Å²) in [5.41, 5.74) is -3.58. The predicted octanol–water partition coefficient (Wildman–Crippen LogP) is 5.05. The van der Waals surface area contributed by atoms with Crippen molar-refractivity contribution in [2.24, 2.45) is 23.7 Å². The van der Waals surface area contributed by atoms with E-state index in [0.717, 1.165) is 43.6 Å². The Balaban J connectivity index is 1.42. The molecular weight excluding hydrogens is 433 g/mol. The van der Waals surface area contributed by atoms with Gasteiger partial charge in [-0.25, -0.2) is 10.0 Å². The average molecular weight is 465 g/mol. The van der Waals surface area contributed by atoms with Crippen LogP contribution in [0.3, 0.4) is 0 Å². The Labute approximate surface area is 192 Å². The first-order valence-electron chi connectivity index (χ1n) is 11.8. The number of hydrogen-bond acceptors (Lipinski definition) is 3. The lowest BCUT2D eigenvalue weighted by Crippen LogP contribution is -2.82. The maximum atomic E-state index is 13.7. The number of benzene rings is 1. The lowest BCUT2D eigenvalue weighted by atomic mass is 9.53. The van der Waals surface area contributed by atoms with Crippen LogP contribution in [0.4, 0.5) is 13.2 Å². The van der Waals surface area contributed by atoms with Gasteiger partial charge in [0.15, 0.2) is 5.60 Å². The lowest BCUT2D eigenvalue weighted by Gasteiger charge is -2.65. The van der Waals surface area contributed by atoms with Gasteiger partial charge in [-0.15, -0.1) is 0 Å². The van der Waals surface area contributed by atoms with Crippen molar-refractivity contribution in [2.45, 2.75) is 83.2 Å². The first kappa shape index (κ1) is 22.5. The van der Waals surface area contributed by atoms with Crippen molar-refractivity contribution in [3.8, 4) is 5.75 Å². The third-order valence-corrected chi connectivity index (χ3v) is 8.20. The molecule has 1 heterocycles. The van der Waals surface area contributed by atoms with Crippen LogP contribution in [0.5, 0.6) is 5.75 Å². The molecule has 2 amide bonds. The number of carbonyl (C=O) groups is 2. The summed E-state index contributed by atoms with van der Waals surface area (Å²) in [5.74, 6) is 1.21. The van der Waals surface area contributed by atoms with Gasteiger partial charge in [0.2, 0.25) is 0 Å². The van der Waals surface area contributed by atoms with Gasteiger partial charge < -0.3 is 4.74 Å². The van der Waals surface area contributed by atoms with E-state index in [1.54, 1.807) is 18.9 Å².